The van der Waals surface area contributed by atoms with Gasteiger partial charge in [-0.15, -0.1) is 0 Å². The Morgan fingerprint density at radius 1 is 1.00 bits per heavy atom. The van der Waals surface area contributed by atoms with E-state index < -0.39 is 11.7 Å². The summed E-state index contributed by atoms with van der Waals surface area (Å²) in [6.45, 7) is 6.80. The second kappa shape index (κ2) is 9.79. The van der Waals surface area contributed by atoms with Gasteiger partial charge in [-0.1, -0.05) is 36.4 Å². The molecular weight excluding hydrogens is 443 g/mol. The highest BCUT2D eigenvalue weighted by Gasteiger charge is 2.31. The van der Waals surface area contributed by atoms with Gasteiger partial charge in [0.2, 0.25) is 0 Å². The number of rotatable bonds is 5. The molecule has 3 aromatic rings. The van der Waals surface area contributed by atoms with E-state index in [1.807, 2.05) is 41.6 Å². The zero-order valence-electron chi connectivity index (χ0n) is 19.3. The third-order valence-corrected chi connectivity index (χ3v) is 6.23. The van der Waals surface area contributed by atoms with E-state index in [4.69, 9.17) is 0 Å². The number of amides is 2. The molecule has 1 aromatic heterocycles. The van der Waals surface area contributed by atoms with E-state index in [0.717, 1.165) is 34.6 Å². The maximum Gasteiger partial charge on any atom is 0.416 e. The lowest BCUT2D eigenvalue weighted by atomic mass is 10.1. The molecule has 2 amide bonds. The number of benzene rings is 2. The lowest BCUT2D eigenvalue weighted by molar-refractivity contribution is -0.137. The first-order valence-electron chi connectivity index (χ1n) is 11.2. The molecule has 0 bridgehead atoms. The number of urea groups is 1. The molecule has 4 rings (SSSR count). The Morgan fingerprint density at radius 2 is 1.71 bits per heavy atom. The smallest absolute Gasteiger partial charge is 0.368 e. The summed E-state index contributed by atoms with van der Waals surface area (Å²) in [6.07, 6.45) is -4.37. The molecule has 34 heavy (non-hydrogen) atoms. The fourth-order valence-corrected chi connectivity index (χ4v) is 4.22. The summed E-state index contributed by atoms with van der Waals surface area (Å²) in [5.74, 6) is 0. The van der Waals surface area contributed by atoms with Crippen molar-refractivity contribution in [2.24, 2.45) is 0 Å². The number of hydrogen-bond donors (Lipinski definition) is 1. The molecule has 2 aromatic carbocycles. The first kappa shape index (κ1) is 23.7. The van der Waals surface area contributed by atoms with Crippen LogP contribution in [-0.4, -0.2) is 46.9 Å². The molecule has 0 unspecified atom stereocenters. The number of aromatic nitrogens is 2. The van der Waals surface area contributed by atoms with Crippen LogP contribution in [0.15, 0.2) is 54.6 Å². The Morgan fingerprint density at radius 3 is 2.38 bits per heavy atom. The van der Waals surface area contributed by atoms with Crippen molar-refractivity contribution >= 4 is 11.7 Å². The Kier molecular flexibility index (Phi) is 6.81. The number of piperazine rings is 1. The minimum absolute atomic E-state index is 0.182. The van der Waals surface area contributed by atoms with Crippen LogP contribution in [0.2, 0.25) is 0 Å². The van der Waals surface area contributed by atoms with Gasteiger partial charge in [0.25, 0.3) is 0 Å². The fraction of sp³-hybridized carbons (Fsp3) is 0.360. The first-order valence-corrected chi connectivity index (χ1v) is 11.2. The number of anilines is 1. The van der Waals surface area contributed by atoms with Gasteiger partial charge in [-0.25, -0.2) is 4.79 Å². The number of halogens is 3. The number of nitrogens with zero attached hydrogens (tertiary/aromatic N) is 4. The Balaban J connectivity index is 1.32. The van der Waals surface area contributed by atoms with E-state index in [1.165, 1.54) is 6.07 Å². The van der Waals surface area contributed by atoms with Crippen LogP contribution in [-0.2, 0) is 19.3 Å². The number of alkyl halides is 3. The third-order valence-electron chi connectivity index (χ3n) is 6.23. The van der Waals surface area contributed by atoms with Crippen molar-refractivity contribution in [3.63, 3.8) is 0 Å². The maximum absolute atomic E-state index is 13.0. The van der Waals surface area contributed by atoms with Crippen molar-refractivity contribution in [3.8, 4) is 0 Å². The van der Waals surface area contributed by atoms with Gasteiger partial charge in [-0.2, -0.15) is 18.3 Å². The molecule has 6 nitrogen and oxygen atoms in total. The average Bonchev–Trinajstić information content (AvgIpc) is 3.09. The van der Waals surface area contributed by atoms with Crippen molar-refractivity contribution in [1.82, 2.24) is 20.0 Å². The van der Waals surface area contributed by atoms with Gasteiger partial charge in [0.15, 0.2) is 0 Å². The first-order chi connectivity index (χ1) is 16.2. The van der Waals surface area contributed by atoms with E-state index >= 15 is 0 Å². The molecule has 0 saturated carbocycles. The lowest BCUT2D eigenvalue weighted by Crippen LogP contribution is -2.51. The van der Waals surface area contributed by atoms with Crippen molar-refractivity contribution in [1.29, 1.82) is 0 Å². The summed E-state index contributed by atoms with van der Waals surface area (Å²) >= 11 is 0. The predicted molar refractivity (Wildman–Crippen MR) is 125 cm³/mol. The van der Waals surface area contributed by atoms with Crippen LogP contribution in [0.25, 0.3) is 0 Å². The molecule has 0 radical (unpaired) electrons. The zero-order valence-corrected chi connectivity index (χ0v) is 19.3. The number of aryl methyl sites for hydroxylation is 1. The monoisotopic (exact) mass is 471 g/mol. The molecule has 2 heterocycles. The van der Waals surface area contributed by atoms with Gasteiger partial charge in [0, 0.05) is 49.7 Å². The van der Waals surface area contributed by atoms with Crippen LogP contribution in [0.1, 0.15) is 28.1 Å². The average molecular weight is 472 g/mol. The Hall–Kier alpha value is -3.49. The Bertz CT molecular complexity index is 1140. The summed E-state index contributed by atoms with van der Waals surface area (Å²) in [4.78, 5) is 16.3. The SMILES string of the molecule is Cc1nn(Cc2ccccc2)c(C)c1CNC(=O)N1CCN(c2cccc(C(F)(F)F)c2)CC1. The lowest BCUT2D eigenvalue weighted by Gasteiger charge is -2.36. The van der Waals surface area contributed by atoms with Crippen LogP contribution in [0.3, 0.4) is 0 Å². The normalized spacial score (nSPS) is 14.4. The van der Waals surface area contributed by atoms with Gasteiger partial charge in [0.1, 0.15) is 0 Å². The van der Waals surface area contributed by atoms with E-state index in [2.05, 4.69) is 22.5 Å². The molecule has 1 N–H and O–H groups in total. The fourth-order valence-electron chi connectivity index (χ4n) is 4.22. The highest BCUT2D eigenvalue weighted by molar-refractivity contribution is 5.74. The molecule has 0 spiro atoms. The molecule has 9 heteroatoms. The number of nitrogens with one attached hydrogen (secondary N) is 1. The molecule has 0 atom stereocenters. The highest BCUT2D eigenvalue weighted by atomic mass is 19.4. The number of carbonyl (C=O) groups excluding carboxylic acids is 1. The van der Waals surface area contributed by atoms with E-state index in [1.54, 1.807) is 11.0 Å². The van der Waals surface area contributed by atoms with Gasteiger partial charge in [0.05, 0.1) is 17.8 Å². The van der Waals surface area contributed by atoms with Crippen LogP contribution in [0.5, 0.6) is 0 Å². The largest absolute Gasteiger partial charge is 0.416 e. The van der Waals surface area contributed by atoms with Gasteiger partial charge >= 0.3 is 12.2 Å². The zero-order chi connectivity index (χ0) is 24.3. The standard InChI is InChI=1S/C25H28F3N5O/c1-18-23(19(2)33(30-18)17-20-7-4-3-5-8-20)16-29-24(34)32-13-11-31(12-14-32)22-10-6-9-21(15-22)25(26,27)28/h3-10,15H,11-14,16-17H2,1-2H3,(H,29,34). The molecule has 1 saturated heterocycles. The van der Waals surface area contributed by atoms with Crippen LogP contribution in [0, 0.1) is 13.8 Å². The summed E-state index contributed by atoms with van der Waals surface area (Å²) in [5, 5.41) is 7.61. The topological polar surface area (TPSA) is 53.4 Å². The number of hydrogen-bond acceptors (Lipinski definition) is 3. The molecule has 1 aliphatic heterocycles. The third kappa shape index (κ3) is 5.35. The molecule has 180 valence electrons. The van der Waals surface area contributed by atoms with Crippen molar-refractivity contribution < 1.29 is 18.0 Å². The van der Waals surface area contributed by atoms with Crippen LogP contribution >= 0.6 is 0 Å². The molecular formula is C25H28F3N5O. The van der Waals surface area contributed by atoms with Gasteiger partial charge in [-0.3, -0.25) is 4.68 Å². The highest BCUT2D eigenvalue weighted by Crippen LogP contribution is 2.31. The summed E-state index contributed by atoms with van der Waals surface area (Å²) in [6, 6.07) is 15.2. The summed E-state index contributed by atoms with van der Waals surface area (Å²) in [5.41, 5.74) is 3.89. The van der Waals surface area contributed by atoms with Crippen molar-refractivity contribution in [3.05, 3.63) is 82.7 Å². The van der Waals surface area contributed by atoms with Crippen molar-refractivity contribution in [2.45, 2.75) is 33.1 Å². The quantitative estimate of drug-likeness (QED) is 0.592. The van der Waals surface area contributed by atoms with E-state index in [9.17, 15) is 18.0 Å². The number of carbonyl (C=O) groups is 1. The minimum atomic E-state index is -4.37. The second-order valence-electron chi connectivity index (χ2n) is 8.47. The van der Waals surface area contributed by atoms with Gasteiger partial charge in [-0.05, 0) is 37.6 Å². The van der Waals surface area contributed by atoms with Crippen LogP contribution < -0.4 is 10.2 Å². The van der Waals surface area contributed by atoms with E-state index in [-0.39, 0.29) is 6.03 Å². The Labute approximate surface area is 197 Å². The summed E-state index contributed by atoms with van der Waals surface area (Å²) < 4.78 is 41.0. The minimum Gasteiger partial charge on any atom is -0.368 e. The summed E-state index contributed by atoms with van der Waals surface area (Å²) in [7, 11) is 0. The molecule has 1 aliphatic rings. The van der Waals surface area contributed by atoms with Gasteiger partial charge < -0.3 is 15.1 Å². The maximum atomic E-state index is 13.0. The van der Waals surface area contributed by atoms with Crippen molar-refractivity contribution in [2.75, 3.05) is 31.1 Å². The predicted octanol–water partition coefficient (Wildman–Crippen LogP) is 4.60. The van der Waals surface area contributed by atoms with Crippen LogP contribution in [0.4, 0.5) is 23.7 Å². The van der Waals surface area contributed by atoms with E-state index in [0.29, 0.717) is 45.0 Å². The molecule has 0 aliphatic carbocycles. The molecule has 1 fully saturated rings. The second-order valence-corrected chi connectivity index (χ2v) is 8.47.